The molecule has 1 saturated heterocycles. The van der Waals surface area contributed by atoms with Gasteiger partial charge in [0.25, 0.3) is 0 Å². The minimum atomic E-state index is 0.391. The highest BCUT2D eigenvalue weighted by Crippen LogP contribution is 2.37. The lowest BCUT2D eigenvalue weighted by Gasteiger charge is -2.49. The Morgan fingerprint density at radius 1 is 1.24 bits per heavy atom. The number of aromatic nitrogens is 1. The number of rotatable bonds is 4. The highest BCUT2D eigenvalue weighted by molar-refractivity contribution is 7.09. The standard InChI is InChI=1S/C17H29N3S/c1-11(2)20-8-14-6-5-7-15(9-20)16(14)19-13(4)17-18-12(3)10-21-17/h10-11,13-16,19H,5-9H2,1-4H3. The topological polar surface area (TPSA) is 28.2 Å². The molecule has 2 fully saturated rings. The lowest BCUT2D eigenvalue weighted by molar-refractivity contribution is 0.0257. The smallest absolute Gasteiger partial charge is 0.110 e. The Bertz CT molecular complexity index is 456. The first-order chi connectivity index (χ1) is 10.0. The van der Waals surface area contributed by atoms with Crippen molar-refractivity contribution >= 4 is 11.3 Å². The second-order valence-corrected chi connectivity index (χ2v) is 8.13. The zero-order valence-electron chi connectivity index (χ0n) is 13.8. The third-order valence-electron chi connectivity index (χ3n) is 5.28. The summed E-state index contributed by atoms with van der Waals surface area (Å²) in [4.78, 5) is 7.34. The molecule has 1 N–H and O–H groups in total. The average Bonchev–Trinajstić information content (AvgIpc) is 2.84. The molecule has 3 atom stereocenters. The SMILES string of the molecule is Cc1csc(C(C)NC2C3CCCC2CN(C(C)C)C3)n1. The average molecular weight is 308 g/mol. The molecule has 0 spiro atoms. The summed E-state index contributed by atoms with van der Waals surface area (Å²) in [5, 5.41) is 7.34. The molecule has 3 rings (SSSR count). The number of nitrogens with one attached hydrogen (secondary N) is 1. The number of nitrogens with zero attached hydrogens (tertiary/aromatic N) is 2. The number of piperidine rings is 1. The molecular formula is C17H29N3S. The number of fused-ring (bicyclic) bond motifs is 2. The summed E-state index contributed by atoms with van der Waals surface area (Å²) in [6.45, 7) is 11.6. The molecule has 2 bridgehead atoms. The van der Waals surface area contributed by atoms with Crippen LogP contribution in [0.2, 0.25) is 0 Å². The fraction of sp³-hybridized carbons (Fsp3) is 0.824. The quantitative estimate of drug-likeness (QED) is 0.921. The van der Waals surface area contributed by atoms with Crippen LogP contribution in [0.1, 0.15) is 56.8 Å². The van der Waals surface area contributed by atoms with Gasteiger partial charge in [-0.05, 0) is 52.4 Å². The van der Waals surface area contributed by atoms with Gasteiger partial charge in [-0.1, -0.05) is 6.42 Å². The zero-order valence-corrected chi connectivity index (χ0v) is 14.6. The van der Waals surface area contributed by atoms with Crippen molar-refractivity contribution in [2.24, 2.45) is 11.8 Å². The lowest BCUT2D eigenvalue weighted by atomic mass is 9.73. The van der Waals surface area contributed by atoms with Gasteiger partial charge in [0.2, 0.25) is 0 Å². The maximum atomic E-state index is 4.66. The van der Waals surface area contributed by atoms with Gasteiger partial charge in [0.15, 0.2) is 0 Å². The molecule has 21 heavy (non-hydrogen) atoms. The van der Waals surface area contributed by atoms with Gasteiger partial charge in [0, 0.05) is 36.2 Å². The van der Waals surface area contributed by atoms with Crippen molar-refractivity contribution in [3.63, 3.8) is 0 Å². The second kappa shape index (κ2) is 6.35. The van der Waals surface area contributed by atoms with E-state index in [0.29, 0.717) is 18.1 Å². The van der Waals surface area contributed by atoms with Gasteiger partial charge in [-0.25, -0.2) is 4.98 Å². The molecule has 3 unspecified atom stereocenters. The van der Waals surface area contributed by atoms with Crippen LogP contribution in [0, 0.1) is 18.8 Å². The first kappa shape index (κ1) is 15.4. The summed E-state index contributed by atoms with van der Waals surface area (Å²) in [6.07, 6.45) is 4.20. The summed E-state index contributed by atoms with van der Waals surface area (Å²) in [6, 6.07) is 1.77. The third-order valence-corrected chi connectivity index (χ3v) is 6.43. The molecule has 1 aromatic heterocycles. The number of aryl methyl sites for hydroxylation is 1. The van der Waals surface area contributed by atoms with Crippen LogP contribution in [0.4, 0.5) is 0 Å². The Labute approximate surface area is 133 Å². The van der Waals surface area contributed by atoms with Crippen molar-refractivity contribution in [2.45, 2.75) is 65.1 Å². The van der Waals surface area contributed by atoms with Crippen LogP contribution < -0.4 is 5.32 Å². The van der Waals surface area contributed by atoms with E-state index in [1.165, 1.54) is 37.4 Å². The Morgan fingerprint density at radius 2 is 1.90 bits per heavy atom. The molecule has 118 valence electrons. The molecule has 3 nitrogen and oxygen atoms in total. The van der Waals surface area contributed by atoms with Crippen LogP contribution in [-0.4, -0.2) is 35.1 Å². The van der Waals surface area contributed by atoms with Crippen molar-refractivity contribution in [3.8, 4) is 0 Å². The molecule has 2 heterocycles. The van der Waals surface area contributed by atoms with Gasteiger partial charge < -0.3 is 10.2 Å². The summed E-state index contributed by atoms with van der Waals surface area (Å²) in [7, 11) is 0. The van der Waals surface area contributed by atoms with Crippen LogP contribution in [0.25, 0.3) is 0 Å². The minimum Gasteiger partial charge on any atom is -0.305 e. The predicted molar refractivity (Wildman–Crippen MR) is 89.7 cm³/mol. The largest absolute Gasteiger partial charge is 0.305 e. The highest BCUT2D eigenvalue weighted by Gasteiger charge is 2.40. The maximum absolute atomic E-state index is 4.66. The van der Waals surface area contributed by atoms with E-state index in [4.69, 9.17) is 0 Å². The van der Waals surface area contributed by atoms with E-state index in [2.05, 4.69) is 48.3 Å². The van der Waals surface area contributed by atoms with Crippen LogP contribution >= 0.6 is 11.3 Å². The number of hydrogen-bond donors (Lipinski definition) is 1. The summed E-state index contributed by atoms with van der Waals surface area (Å²) >= 11 is 1.80. The van der Waals surface area contributed by atoms with E-state index in [-0.39, 0.29) is 0 Å². The van der Waals surface area contributed by atoms with Crippen LogP contribution in [0.15, 0.2) is 5.38 Å². The Balaban J connectivity index is 1.68. The van der Waals surface area contributed by atoms with Crippen LogP contribution in [0.5, 0.6) is 0 Å². The van der Waals surface area contributed by atoms with E-state index in [9.17, 15) is 0 Å². The van der Waals surface area contributed by atoms with E-state index >= 15 is 0 Å². The molecule has 0 aromatic carbocycles. The molecule has 0 amide bonds. The fourth-order valence-electron chi connectivity index (χ4n) is 4.10. The summed E-state index contributed by atoms with van der Waals surface area (Å²) < 4.78 is 0. The van der Waals surface area contributed by atoms with Crippen molar-refractivity contribution in [2.75, 3.05) is 13.1 Å². The minimum absolute atomic E-state index is 0.391. The Kier molecular flexibility index (Phi) is 4.67. The van der Waals surface area contributed by atoms with Crippen LogP contribution in [-0.2, 0) is 0 Å². The molecule has 1 aliphatic heterocycles. The molecule has 0 radical (unpaired) electrons. The summed E-state index contributed by atoms with van der Waals surface area (Å²) in [5.41, 5.74) is 1.15. The van der Waals surface area contributed by atoms with Gasteiger partial charge in [-0.15, -0.1) is 11.3 Å². The first-order valence-electron chi connectivity index (χ1n) is 8.46. The fourth-order valence-corrected chi connectivity index (χ4v) is 4.91. The number of hydrogen-bond acceptors (Lipinski definition) is 4. The van der Waals surface area contributed by atoms with Crippen molar-refractivity contribution < 1.29 is 0 Å². The van der Waals surface area contributed by atoms with E-state index in [1.54, 1.807) is 11.3 Å². The van der Waals surface area contributed by atoms with Crippen molar-refractivity contribution in [1.29, 1.82) is 0 Å². The highest BCUT2D eigenvalue weighted by atomic mass is 32.1. The van der Waals surface area contributed by atoms with Gasteiger partial charge >= 0.3 is 0 Å². The number of thiazole rings is 1. The molecular weight excluding hydrogens is 278 g/mol. The first-order valence-corrected chi connectivity index (χ1v) is 9.34. The van der Waals surface area contributed by atoms with Gasteiger partial charge in [-0.2, -0.15) is 0 Å². The van der Waals surface area contributed by atoms with Gasteiger partial charge in [0.1, 0.15) is 5.01 Å². The van der Waals surface area contributed by atoms with Crippen molar-refractivity contribution in [3.05, 3.63) is 16.1 Å². The van der Waals surface area contributed by atoms with Gasteiger partial charge in [0.05, 0.1) is 6.04 Å². The third kappa shape index (κ3) is 3.33. The molecule has 2 aliphatic rings. The zero-order chi connectivity index (χ0) is 15.0. The molecule has 4 heteroatoms. The predicted octanol–water partition coefficient (Wildman–Crippen LogP) is 3.61. The van der Waals surface area contributed by atoms with E-state index < -0.39 is 0 Å². The molecule has 1 aliphatic carbocycles. The lowest BCUT2D eigenvalue weighted by Crippen LogP contribution is -2.58. The maximum Gasteiger partial charge on any atom is 0.110 e. The van der Waals surface area contributed by atoms with Gasteiger partial charge in [-0.3, -0.25) is 0 Å². The number of likely N-dealkylation sites (tertiary alicyclic amines) is 1. The van der Waals surface area contributed by atoms with Crippen LogP contribution in [0.3, 0.4) is 0 Å². The Morgan fingerprint density at radius 3 is 2.43 bits per heavy atom. The van der Waals surface area contributed by atoms with E-state index in [1.807, 2.05) is 0 Å². The van der Waals surface area contributed by atoms with E-state index in [0.717, 1.165) is 17.5 Å². The monoisotopic (exact) mass is 307 g/mol. The molecule has 1 saturated carbocycles. The molecule has 1 aromatic rings. The van der Waals surface area contributed by atoms with Crippen molar-refractivity contribution in [1.82, 2.24) is 15.2 Å². The normalized spacial score (nSPS) is 31.6. The summed E-state index contributed by atoms with van der Waals surface area (Å²) in [5.74, 6) is 1.65. The second-order valence-electron chi connectivity index (χ2n) is 7.24. The Hall–Kier alpha value is -0.450.